The molecule has 0 spiro atoms. The van der Waals surface area contributed by atoms with Crippen molar-refractivity contribution in [3.63, 3.8) is 0 Å². The second kappa shape index (κ2) is 6.32. The largest absolute Gasteiger partial charge is 0.493 e. The molecule has 1 fully saturated rings. The van der Waals surface area contributed by atoms with E-state index in [4.69, 9.17) is 9.47 Å². The molecule has 1 aliphatic rings. The number of rotatable bonds is 6. The zero-order valence-corrected chi connectivity index (χ0v) is 13.6. The van der Waals surface area contributed by atoms with Crippen LogP contribution in [0.4, 0.5) is 5.69 Å². The lowest BCUT2D eigenvalue weighted by atomic mass is 10.1. The van der Waals surface area contributed by atoms with Gasteiger partial charge < -0.3 is 14.8 Å². The van der Waals surface area contributed by atoms with E-state index in [0.717, 1.165) is 35.5 Å². The molecule has 2 aromatic rings. The number of hydrogen-bond donors (Lipinski definition) is 2. The second-order valence-corrected chi connectivity index (χ2v) is 5.61. The van der Waals surface area contributed by atoms with Crippen molar-refractivity contribution in [2.24, 2.45) is 0 Å². The number of aromatic amines is 1. The van der Waals surface area contributed by atoms with E-state index in [1.54, 1.807) is 14.2 Å². The molecule has 0 bridgehead atoms. The predicted molar refractivity (Wildman–Crippen MR) is 88.0 cm³/mol. The van der Waals surface area contributed by atoms with Crippen molar-refractivity contribution in [2.75, 3.05) is 19.5 Å². The van der Waals surface area contributed by atoms with Gasteiger partial charge in [0.2, 0.25) is 5.91 Å². The monoisotopic (exact) mass is 315 g/mol. The van der Waals surface area contributed by atoms with Crippen LogP contribution >= 0.6 is 0 Å². The fourth-order valence-corrected chi connectivity index (χ4v) is 2.57. The van der Waals surface area contributed by atoms with Crippen LogP contribution in [0.2, 0.25) is 0 Å². The van der Waals surface area contributed by atoms with Gasteiger partial charge in [-0.25, -0.2) is 0 Å². The highest BCUT2D eigenvalue weighted by Gasteiger charge is 2.30. The molecule has 3 rings (SSSR count). The number of ether oxygens (including phenoxy) is 2. The Morgan fingerprint density at radius 2 is 2.04 bits per heavy atom. The van der Waals surface area contributed by atoms with E-state index in [0.29, 0.717) is 23.8 Å². The minimum Gasteiger partial charge on any atom is -0.493 e. The molecular formula is C17H21N3O3. The highest BCUT2D eigenvalue weighted by molar-refractivity contribution is 5.95. The zero-order valence-electron chi connectivity index (χ0n) is 13.6. The van der Waals surface area contributed by atoms with Gasteiger partial charge in [-0.2, -0.15) is 5.10 Å². The van der Waals surface area contributed by atoms with Crippen molar-refractivity contribution >= 4 is 11.6 Å². The number of nitrogens with zero attached hydrogens (tertiary/aromatic N) is 1. The molecular weight excluding hydrogens is 294 g/mol. The Morgan fingerprint density at radius 1 is 1.30 bits per heavy atom. The number of amides is 1. The summed E-state index contributed by atoms with van der Waals surface area (Å²) in [5.41, 5.74) is 3.40. The van der Waals surface area contributed by atoms with Gasteiger partial charge in [-0.05, 0) is 31.0 Å². The van der Waals surface area contributed by atoms with Gasteiger partial charge in [0.1, 0.15) is 5.69 Å². The fourth-order valence-electron chi connectivity index (χ4n) is 2.57. The van der Waals surface area contributed by atoms with E-state index in [1.165, 1.54) is 0 Å². The second-order valence-electron chi connectivity index (χ2n) is 5.61. The van der Waals surface area contributed by atoms with E-state index in [9.17, 15) is 4.79 Å². The molecule has 6 nitrogen and oxygen atoms in total. The molecule has 1 amide bonds. The van der Waals surface area contributed by atoms with Gasteiger partial charge in [0.05, 0.1) is 25.6 Å². The molecule has 1 aromatic carbocycles. The Hall–Kier alpha value is -2.50. The summed E-state index contributed by atoms with van der Waals surface area (Å²) < 4.78 is 10.6. The molecule has 1 saturated carbocycles. The maximum Gasteiger partial charge on any atom is 0.224 e. The SMILES string of the molecule is CCC(=O)Nc1c(-c2ccc(OC)c(OC)c2)n[nH]c1C1CC1. The third-order valence-electron chi connectivity index (χ3n) is 4.02. The Kier molecular flexibility index (Phi) is 4.23. The standard InChI is InChI=1S/C17H21N3O3/c1-4-14(21)18-17-15(10-5-6-10)19-20-16(17)11-7-8-12(22-2)13(9-11)23-3/h7-10H,4-6H2,1-3H3,(H,18,21)(H,19,20). The van der Waals surface area contributed by atoms with Crippen molar-refractivity contribution in [1.82, 2.24) is 10.2 Å². The molecule has 1 heterocycles. The molecule has 122 valence electrons. The van der Waals surface area contributed by atoms with E-state index >= 15 is 0 Å². The van der Waals surface area contributed by atoms with Crippen LogP contribution in [-0.4, -0.2) is 30.3 Å². The van der Waals surface area contributed by atoms with Crippen molar-refractivity contribution in [2.45, 2.75) is 32.1 Å². The van der Waals surface area contributed by atoms with Crippen molar-refractivity contribution in [3.05, 3.63) is 23.9 Å². The Balaban J connectivity index is 2.03. The zero-order chi connectivity index (χ0) is 16.4. The van der Waals surface area contributed by atoms with Crippen LogP contribution in [0.3, 0.4) is 0 Å². The third-order valence-corrected chi connectivity index (χ3v) is 4.02. The summed E-state index contributed by atoms with van der Waals surface area (Å²) in [7, 11) is 3.20. The van der Waals surface area contributed by atoms with Gasteiger partial charge in [-0.1, -0.05) is 6.92 Å². The number of hydrogen-bond acceptors (Lipinski definition) is 4. The number of H-pyrrole nitrogens is 1. The van der Waals surface area contributed by atoms with Crippen LogP contribution in [0.1, 0.15) is 37.8 Å². The summed E-state index contributed by atoms with van der Waals surface area (Å²) in [6.45, 7) is 1.84. The summed E-state index contributed by atoms with van der Waals surface area (Å²) in [6, 6.07) is 5.62. The first-order valence-corrected chi connectivity index (χ1v) is 7.78. The first-order chi connectivity index (χ1) is 11.2. The van der Waals surface area contributed by atoms with Crippen LogP contribution in [0.25, 0.3) is 11.3 Å². The fraction of sp³-hybridized carbons (Fsp3) is 0.412. The topological polar surface area (TPSA) is 76.2 Å². The molecule has 2 N–H and O–H groups in total. The third kappa shape index (κ3) is 3.02. The molecule has 0 atom stereocenters. The van der Waals surface area contributed by atoms with Gasteiger partial charge in [0.15, 0.2) is 11.5 Å². The summed E-state index contributed by atoms with van der Waals surface area (Å²) in [5.74, 6) is 1.74. The van der Waals surface area contributed by atoms with Crippen LogP contribution in [-0.2, 0) is 4.79 Å². The number of benzene rings is 1. The average molecular weight is 315 g/mol. The first-order valence-electron chi connectivity index (χ1n) is 7.78. The van der Waals surface area contributed by atoms with E-state index < -0.39 is 0 Å². The Labute approximate surface area is 135 Å². The lowest BCUT2D eigenvalue weighted by Crippen LogP contribution is -2.11. The summed E-state index contributed by atoms with van der Waals surface area (Å²) in [5, 5.41) is 10.5. The summed E-state index contributed by atoms with van der Waals surface area (Å²) in [4.78, 5) is 11.9. The molecule has 0 saturated heterocycles. The highest BCUT2D eigenvalue weighted by atomic mass is 16.5. The first kappa shape index (κ1) is 15.4. The molecule has 6 heteroatoms. The molecule has 0 aliphatic heterocycles. The Morgan fingerprint density at radius 3 is 2.65 bits per heavy atom. The lowest BCUT2D eigenvalue weighted by Gasteiger charge is -2.10. The van der Waals surface area contributed by atoms with Crippen molar-refractivity contribution in [3.8, 4) is 22.8 Å². The average Bonchev–Trinajstić information content (AvgIpc) is 3.35. The van der Waals surface area contributed by atoms with Gasteiger partial charge in [-0.15, -0.1) is 0 Å². The van der Waals surface area contributed by atoms with Crippen LogP contribution in [0.5, 0.6) is 11.5 Å². The minimum absolute atomic E-state index is 0.0185. The van der Waals surface area contributed by atoms with Gasteiger partial charge in [0.25, 0.3) is 0 Å². The number of methoxy groups -OCH3 is 2. The van der Waals surface area contributed by atoms with Gasteiger partial charge in [-0.3, -0.25) is 9.89 Å². The number of carbonyl (C=O) groups is 1. The number of carbonyl (C=O) groups excluding carboxylic acids is 1. The van der Waals surface area contributed by atoms with Crippen molar-refractivity contribution in [1.29, 1.82) is 0 Å². The Bertz CT molecular complexity index is 720. The van der Waals surface area contributed by atoms with Crippen LogP contribution < -0.4 is 14.8 Å². The summed E-state index contributed by atoms with van der Waals surface area (Å²) >= 11 is 0. The van der Waals surface area contributed by atoms with E-state index in [-0.39, 0.29) is 5.91 Å². The molecule has 1 aliphatic carbocycles. The van der Waals surface area contributed by atoms with Gasteiger partial charge >= 0.3 is 0 Å². The molecule has 0 radical (unpaired) electrons. The smallest absolute Gasteiger partial charge is 0.224 e. The molecule has 0 unspecified atom stereocenters. The normalized spacial score (nSPS) is 13.7. The maximum atomic E-state index is 11.9. The van der Waals surface area contributed by atoms with E-state index in [1.807, 2.05) is 25.1 Å². The lowest BCUT2D eigenvalue weighted by molar-refractivity contribution is -0.115. The van der Waals surface area contributed by atoms with Crippen molar-refractivity contribution < 1.29 is 14.3 Å². The van der Waals surface area contributed by atoms with Gasteiger partial charge in [0, 0.05) is 17.9 Å². The van der Waals surface area contributed by atoms with E-state index in [2.05, 4.69) is 15.5 Å². The minimum atomic E-state index is -0.0185. The quantitative estimate of drug-likeness (QED) is 0.857. The number of aromatic nitrogens is 2. The molecule has 23 heavy (non-hydrogen) atoms. The van der Waals surface area contributed by atoms with Crippen LogP contribution in [0, 0.1) is 0 Å². The highest BCUT2D eigenvalue weighted by Crippen LogP contribution is 2.45. The maximum absolute atomic E-state index is 11.9. The number of nitrogens with one attached hydrogen (secondary N) is 2. The molecule has 1 aromatic heterocycles. The summed E-state index contributed by atoms with van der Waals surface area (Å²) in [6.07, 6.45) is 2.69. The van der Waals surface area contributed by atoms with Crippen LogP contribution in [0.15, 0.2) is 18.2 Å². The predicted octanol–water partition coefficient (Wildman–Crippen LogP) is 3.32. The number of anilines is 1.